The molecule has 0 aliphatic heterocycles. The van der Waals surface area contributed by atoms with Crippen molar-refractivity contribution in [3.05, 3.63) is 124 Å². The quantitative estimate of drug-likeness (QED) is 0.262. The molecule has 0 bridgehead atoms. The number of ketones is 2. The number of carbonyl (C=O) groups is 4. The van der Waals surface area contributed by atoms with Crippen LogP contribution in [0.15, 0.2) is 95.9 Å². The van der Waals surface area contributed by atoms with E-state index in [1.165, 1.54) is 11.8 Å². The van der Waals surface area contributed by atoms with Crippen LogP contribution in [0.4, 0.5) is 11.4 Å². The molecule has 1 aliphatic rings. The molecule has 4 aromatic rings. The molecule has 0 spiro atoms. The first kappa shape index (κ1) is 25.2. The fraction of sp³-hybridized carbons (Fsp3) is 0.0968. The van der Waals surface area contributed by atoms with Gasteiger partial charge in [-0.25, -0.2) is 0 Å². The number of thioether (sulfide) groups is 1. The van der Waals surface area contributed by atoms with Gasteiger partial charge in [-0.1, -0.05) is 54.6 Å². The molecule has 1 unspecified atom stereocenters. The van der Waals surface area contributed by atoms with Crippen molar-refractivity contribution in [3.8, 4) is 0 Å². The summed E-state index contributed by atoms with van der Waals surface area (Å²) in [7, 11) is 0. The summed E-state index contributed by atoms with van der Waals surface area (Å²) in [5.74, 6) is -0.990. The molecule has 7 heteroatoms. The summed E-state index contributed by atoms with van der Waals surface area (Å²) in [5, 5.41) is 5.25. The van der Waals surface area contributed by atoms with Gasteiger partial charge in [0.2, 0.25) is 5.91 Å². The van der Waals surface area contributed by atoms with Gasteiger partial charge in [0.15, 0.2) is 11.6 Å². The van der Waals surface area contributed by atoms with Crippen LogP contribution in [0.3, 0.4) is 0 Å². The van der Waals surface area contributed by atoms with Crippen molar-refractivity contribution in [2.24, 2.45) is 0 Å². The van der Waals surface area contributed by atoms with Gasteiger partial charge in [-0.2, -0.15) is 0 Å². The van der Waals surface area contributed by atoms with Crippen LogP contribution in [0.5, 0.6) is 0 Å². The standard InChI is InChI=1S/C31H24N2O4S/c1-18-8-3-4-9-22(18)31(37)32-20-14-16-21(17-15-20)38-19(2)30(36)33-26-13-7-12-25-27(26)29(35)24-11-6-5-10-23(24)28(25)34/h3-17,19H,1-2H3,(H,32,37)(H,33,36). The van der Waals surface area contributed by atoms with Crippen molar-refractivity contribution in [2.45, 2.75) is 24.0 Å². The topological polar surface area (TPSA) is 92.3 Å². The molecular formula is C31H24N2O4S. The normalized spacial score (nSPS) is 12.8. The maximum Gasteiger partial charge on any atom is 0.255 e. The third-order valence-electron chi connectivity index (χ3n) is 6.39. The lowest BCUT2D eigenvalue weighted by molar-refractivity contribution is -0.115. The maximum absolute atomic E-state index is 13.2. The van der Waals surface area contributed by atoms with E-state index < -0.39 is 5.25 Å². The van der Waals surface area contributed by atoms with Crippen LogP contribution >= 0.6 is 11.8 Å². The predicted octanol–water partition coefficient (Wildman–Crippen LogP) is 6.14. The second-order valence-electron chi connectivity index (χ2n) is 8.97. The molecule has 0 radical (unpaired) electrons. The average molecular weight is 521 g/mol. The largest absolute Gasteiger partial charge is 0.324 e. The van der Waals surface area contributed by atoms with E-state index in [9.17, 15) is 19.2 Å². The minimum absolute atomic E-state index is 0.182. The second-order valence-corrected chi connectivity index (χ2v) is 10.4. The predicted molar refractivity (Wildman–Crippen MR) is 149 cm³/mol. The second kappa shape index (κ2) is 10.5. The van der Waals surface area contributed by atoms with Gasteiger partial charge >= 0.3 is 0 Å². The lowest BCUT2D eigenvalue weighted by Crippen LogP contribution is -2.27. The lowest BCUT2D eigenvalue weighted by Gasteiger charge is -2.21. The molecule has 2 N–H and O–H groups in total. The molecule has 0 aromatic heterocycles. The Kier molecular flexibility index (Phi) is 6.94. The summed E-state index contributed by atoms with van der Waals surface area (Å²) in [6, 6.07) is 26.3. The Labute approximate surface area is 224 Å². The first-order chi connectivity index (χ1) is 18.3. The van der Waals surface area contributed by atoms with E-state index >= 15 is 0 Å². The van der Waals surface area contributed by atoms with Crippen LogP contribution in [-0.2, 0) is 4.79 Å². The molecule has 1 atom stereocenters. The fourth-order valence-electron chi connectivity index (χ4n) is 4.38. The maximum atomic E-state index is 13.2. The third-order valence-corrected chi connectivity index (χ3v) is 7.51. The van der Waals surface area contributed by atoms with Crippen molar-refractivity contribution in [1.29, 1.82) is 0 Å². The summed E-state index contributed by atoms with van der Waals surface area (Å²) in [6.07, 6.45) is 0. The summed E-state index contributed by atoms with van der Waals surface area (Å²) < 4.78 is 0. The Morgan fingerprint density at radius 2 is 1.34 bits per heavy atom. The zero-order valence-corrected chi connectivity index (χ0v) is 21.6. The van der Waals surface area contributed by atoms with Gasteiger partial charge in [-0.3, -0.25) is 19.2 Å². The molecule has 0 fully saturated rings. The molecule has 38 heavy (non-hydrogen) atoms. The number of rotatable bonds is 6. The highest BCUT2D eigenvalue weighted by Crippen LogP contribution is 2.33. The van der Waals surface area contributed by atoms with Crippen molar-refractivity contribution >= 4 is 46.5 Å². The molecule has 2 amide bonds. The Hall–Kier alpha value is -4.49. The Balaban J connectivity index is 1.26. The van der Waals surface area contributed by atoms with Crippen LogP contribution < -0.4 is 10.6 Å². The highest BCUT2D eigenvalue weighted by Gasteiger charge is 2.32. The van der Waals surface area contributed by atoms with Crippen LogP contribution in [0.1, 0.15) is 54.7 Å². The number of aryl methyl sites for hydroxylation is 1. The zero-order valence-electron chi connectivity index (χ0n) is 20.8. The monoisotopic (exact) mass is 520 g/mol. The van der Waals surface area contributed by atoms with Gasteiger partial charge in [-0.05, 0) is 55.8 Å². The SMILES string of the molecule is Cc1ccccc1C(=O)Nc1ccc(SC(C)C(=O)Nc2cccc3c2C(=O)c2ccccc2C3=O)cc1. The van der Waals surface area contributed by atoms with Crippen LogP contribution in [0.25, 0.3) is 0 Å². The van der Waals surface area contributed by atoms with Gasteiger partial charge in [0, 0.05) is 32.8 Å². The Bertz CT molecular complexity index is 1590. The highest BCUT2D eigenvalue weighted by atomic mass is 32.2. The molecule has 0 heterocycles. The van der Waals surface area contributed by atoms with Crippen LogP contribution in [-0.4, -0.2) is 28.6 Å². The van der Waals surface area contributed by atoms with Gasteiger partial charge in [0.25, 0.3) is 5.91 Å². The number of amides is 2. The van der Waals surface area contributed by atoms with Gasteiger partial charge in [0.1, 0.15) is 0 Å². The van der Waals surface area contributed by atoms with Crippen LogP contribution in [0, 0.1) is 6.92 Å². The first-order valence-electron chi connectivity index (χ1n) is 12.1. The van der Waals surface area contributed by atoms with Crippen molar-refractivity contribution < 1.29 is 19.2 Å². The van der Waals surface area contributed by atoms with Crippen molar-refractivity contribution in [2.75, 3.05) is 10.6 Å². The smallest absolute Gasteiger partial charge is 0.255 e. The molecule has 5 rings (SSSR count). The average Bonchev–Trinajstić information content (AvgIpc) is 2.93. The molecule has 1 aliphatic carbocycles. The molecule has 0 saturated carbocycles. The Morgan fingerprint density at radius 1 is 0.711 bits per heavy atom. The van der Waals surface area contributed by atoms with E-state index in [2.05, 4.69) is 10.6 Å². The zero-order chi connectivity index (χ0) is 26.8. The first-order valence-corrected chi connectivity index (χ1v) is 13.0. The minimum atomic E-state index is -0.486. The number of hydrogen-bond acceptors (Lipinski definition) is 5. The summed E-state index contributed by atoms with van der Waals surface area (Å²) >= 11 is 1.35. The van der Waals surface area contributed by atoms with Gasteiger partial charge < -0.3 is 10.6 Å². The number of carbonyl (C=O) groups excluding carboxylic acids is 4. The number of nitrogens with one attached hydrogen (secondary N) is 2. The Morgan fingerprint density at radius 3 is 2.05 bits per heavy atom. The van der Waals surface area contributed by atoms with Crippen LogP contribution in [0.2, 0.25) is 0 Å². The molecule has 4 aromatic carbocycles. The lowest BCUT2D eigenvalue weighted by atomic mass is 9.83. The molecule has 188 valence electrons. The number of fused-ring (bicyclic) bond motifs is 2. The molecular weight excluding hydrogens is 496 g/mol. The van der Waals surface area contributed by atoms with Gasteiger partial charge in [0.05, 0.1) is 16.5 Å². The third kappa shape index (κ3) is 4.88. The van der Waals surface area contributed by atoms with Gasteiger partial charge in [-0.15, -0.1) is 11.8 Å². The fourth-order valence-corrected chi connectivity index (χ4v) is 5.25. The highest BCUT2D eigenvalue weighted by molar-refractivity contribution is 8.00. The van der Waals surface area contributed by atoms with E-state index in [1.54, 1.807) is 67.6 Å². The number of anilines is 2. The number of hydrogen-bond donors (Lipinski definition) is 2. The summed E-state index contributed by atoms with van der Waals surface area (Å²) in [4.78, 5) is 52.6. The van der Waals surface area contributed by atoms with E-state index in [4.69, 9.17) is 0 Å². The van der Waals surface area contributed by atoms with Crippen molar-refractivity contribution in [3.63, 3.8) is 0 Å². The van der Waals surface area contributed by atoms with E-state index in [0.717, 1.165) is 10.5 Å². The molecule has 6 nitrogen and oxygen atoms in total. The van der Waals surface area contributed by atoms with E-state index in [-0.39, 0.29) is 34.5 Å². The summed E-state index contributed by atoms with van der Waals surface area (Å²) in [5.41, 5.74) is 3.70. The van der Waals surface area contributed by atoms with E-state index in [0.29, 0.717) is 28.1 Å². The number of benzene rings is 4. The summed E-state index contributed by atoms with van der Waals surface area (Å²) in [6.45, 7) is 3.66. The van der Waals surface area contributed by atoms with Crippen molar-refractivity contribution in [1.82, 2.24) is 0 Å². The minimum Gasteiger partial charge on any atom is -0.324 e. The van der Waals surface area contributed by atoms with E-state index in [1.807, 2.05) is 37.3 Å². The molecule has 0 saturated heterocycles.